The number of rotatable bonds is 19. The van der Waals surface area contributed by atoms with Crippen LogP contribution in [-0.4, -0.2) is 439 Å². The lowest BCUT2D eigenvalue weighted by atomic mass is 9.90. The molecule has 0 aromatic rings. The standard InChI is InChI=1S/2C14H29N3O.C13H26N2O2.C13H26N2O.C11H24N2O.C10H21NO2.C8H15F2N/c2*1-13(2)17-6-4-14(18,5-7-17)12-16-10-8-15(3)9-11-16;1-12(2)15-5-3-13(16,4-6-15)11-14-7-9-17-10-8-14;1-12(2)15-9-5-13(16,6-10-15)11-14-7-3-4-8-14;1-10(2)13-7-5-11(14,6-8-13)9-12(3)4;1-9(2)11-6-4-10(12,5-7-11)8-13-3;1-7(2)11-5-3-8(9,10)4-6-11/h2*13,18H,4-12H2,1-3H3;12,16H,3-11H2,1-2H3;12,16H,3-11H2,1-2H3;10,14H,5-9H2,1-4H3;9,12H,4-8H2,1-3H3;7H,3-6H2,1-2H3. The molecule has 0 unspecified atom stereocenters. The van der Waals surface area contributed by atoms with Gasteiger partial charge in [0.05, 0.1) is 53.4 Å². The fraction of sp³-hybridized carbons (Fsp3) is 1.00. The van der Waals surface area contributed by atoms with Crippen molar-refractivity contribution in [1.82, 2.24) is 68.6 Å². The number of ether oxygens (including phenoxy) is 2. The number of likely N-dealkylation sites (tertiary alicyclic amines) is 8. The fourth-order valence-corrected chi connectivity index (χ4v) is 17.3. The van der Waals surface area contributed by atoms with Crippen LogP contribution in [0.3, 0.4) is 0 Å². The number of likely N-dealkylation sites (N-methyl/N-ethyl adjacent to an activating group) is 3. The quantitative estimate of drug-likeness (QED) is 0.0814. The van der Waals surface area contributed by atoms with E-state index < -0.39 is 39.5 Å². The van der Waals surface area contributed by atoms with Gasteiger partial charge in [0.1, 0.15) is 0 Å². The van der Waals surface area contributed by atoms with E-state index in [1.165, 1.54) is 25.9 Å². The number of halogens is 2. The van der Waals surface area contributed by atoms with Crippen molar-refractivity contribution in [3.8, 4) is 0 Å². The van der Waals surface area contributed by atoms with Gasteiger partial charge in [-0.2, -0.15) is 0 Å². The average molecular weight is 1530 g/mol. The first kappa shape index (κ1) is 96.6. The summed E-state index contributed by atoms with van der Waals surface area (Å²) in [6, 6.07) is 4.05. The first-order valence-electron chi connectivity index (χ1n) is 43.0. The number of β-amino-alcohol motifs (C(OH)–C–C–N with tert-alkyl or cyclic N) is 4. The van der Waals surface area contributed by atoms with Crippen molar-refractivity contribution < 1.29 is 48.9 Å². The van der Waals surface area contributed by atoms with Gasteiger partial charge < -0.3 is 94.0 Å². The molecule has 634 valence electrons. The van der Waals surface area contributed by atoms with Crippen LogP contribution in [0.4, 0.5) is 8.78 Å². The molecular weight excluding hydrogens is 1360 g/mol. The van der Waals surface area contributed by atoms with Gasteiger partial charge in [-0.25, -0.2) is 8.78 Å². The first-order valence-corrected chi connectivity index (χ1v) is 43.0. The molecule has 22 nitrogen and oxygen atoms in total. The Hall–Kier alpha value is -1.02. The number of nitrogens with zero attached hydrogens (tertiary/aromatic N) is 14. The van der Waals surface area contributed by atoms with Gasteiger partial charge in [-0.1, -0.05) is 0 Å². The normalized spacial score (nSPS) is 26.5. The molecule has 0 atom stereocenters. The monoisotopic (exact) mass is 1530 g/mol. The molecule has 11 rings (SSSR count). The molecule has 11 saturated heterocycles. The van der Waals surface area contributed by atoms with Crippen LogP contribution < -0.4 is 0 Å². The van der Waals surface area contributed by atoms with Crippen LogP contribution in [0.1, 0.15) is 200 Å². The fourth-order valence-electron chi connectivity index (χ4n) is 17.3. The molecule has 0 bridgehead atoms. The van der Waals surface area contributed by atoms with Crippen molar-refractivity contribution in [2.75, 3.05) is 258 Å². The maximum absolute atomic E-state index is 12.6. The summed E-state index contributed by atoms with van der Waals surface area (Å²) in [6.07, 6.45) is 13.6. The third-order valence-corrected chi connectivity index (χ3v) is 25.6. The van der Waals surface area contributed by atoms with Crippen molar-refractivity contribution in [3.05, 3.63) is 0 Å². The van der Waals surface area contributed by atoms with E-state index in [4.69, 9.17) is 9.47 Å². The maximum Gasteiger partial charge on any atom is 0.250 e. The van der Waals surface area contributed by atoms with E-state index in [1.54, 1.807) is 7.11 Å². The topological polar surface area (TPSA) is 185 Å². The van der Waals surface area contributed by atoms with Crippen LogP contribution in [0.2, 0.25) is 0 Å². The molecule has 24 heteroatoms. The molecule has 6 N–H and O–H groups in total. The Balaban J connectivity index is 0.000000225. The third-order valence-electron chi connectivity index (χ3n) is 25.6. The minimum Gasteiger partial charge on any atom is -0.388 e. The summed E-state index contributed by atoms with van der Waals surface area (Å²) in [7, 11) is 10.0. The Morgan fingerprint density at radius 1 is 0.308 bits per heavy atom. The minimum absolute atomic E-state index is 0.0329. The molecule has 0 spiro atoms. The zero-order valence-corrected chi connectivity index (χ0v) is 72.4. The Morgan fingerprint density at radius 2 is 0.523 bits per heavy atom. The summed E-state index contributed by atoms with van der Waals surface area (Å²) >= 11 is 0. The van der Waals surface area contributed by atoms with Crippen LogP contribution in [0, 0.1) is 0 Å². The number of hydrogen-bond donors (Lipinski definition) is 6. The molecule has 11 fully saturated rings. The Bertz CT molecular complexity index is 2230. The number of morpholine rings is 1. The number of piperidine rings is 7. The third kappa shape index (κ3) is 36.4. The van der Waals surface area contributed by atoms with E-state index in [0.29, 0.717) is 62.0 Å². The zero-order chi connectivity index (χ0) is 79.4. The SMILES string of the molecule is CC(C)N1CCC(F)(F)CC1.CC(C)N1CCC(O)(CN(C)C)CC1.CC(C)N1CCC(O)(CN2CCCC2)CC1.CC(C)N1CCC(O)(CN2CCN(C)CC2)CC1.CC(C)N1CCC(O)(CN2CCN(C)CC2)CC1.CC(C)N1CCC(O)(CN2CCOCC2)CC1.COCC1(O)CCN(C(C)C)CC1. The van der Waals surface area contributed by atoms with Gasteiger partial charge in [0, 0.05) is 252 Å². The largest absolute Gasteiger partial charge is 0.388 e. The molecule has 0 aromatic carbocycles. The lowest BCUT2D eigenvalue weighted by Crippen LogP contribution is -2.55. The Morgan fingerprint density at radius 3 is 0.757 bits per heavy atom. The highest BCUT2D eigenvalue weighted by molar-refractivity contribution is 4.96. The molecule has 11 aliphatic rings. The summed E-state index contributed by atoms with van der Waals surface area (Å²) in [4.78, 5) is 33.2. The highest BCUT2D eigenvalue weighted by atomic mass is 19.3. The van der Waals surface area contributed by atoms with Crippen molar-refractivity contribution >= 4 is 0 Å². The number of piperazine rings is 2. The molecule has 0 saturated carbocycles. The lowest BCUT2D eigenvalue weighted by molar-refractivity contribution is -0.0746. The summed E-state index contributed by atoms with van der Waals surface area (Å²) in [5.74, 6) is -2.40. The molecular formula is C83H170F2N14O8. The Labute approximate surface area is 654 Å². The maximum atomic E-state index is 12.6. The van der Waals surface area contributed by atoms with Crippen LogP contribution in [0.25, 0.3) is 0 Å². The molecule has 11 heterocycles. The van der Waals surface area contributed by atoms with Gasteiger partial charge in [-0.3, -0.25) is 14.7 Å². The van der Waals surface area contributed by atoms with Crippen molar-refractivity contribution in [2.24, 2.45) is 0 Å². The number of hydrogen-bond acceptors (Lipinski definition) is 22. The molecule has 0 radical (unpaired) electrons. The lowest BCUT2D eigenvalue weighted by Gasteiger charge is -2.43. The van der Waals surface area contributed by atoms with Gasteiger partial charge in [-0.05, 0) is 228 Å². The van der Waals surface area contributed by atoms with E-state index in [-0.39, 0.29) is 12.8 Å². The van der Waals surface area contributed by atoms with Crippen molar-refractivity contribution in [1.29, 1.82) is 0 Å². The van der Waals surface area contributed by atoms with Gasteiger partial charge in [0.2, 0.25) is 0 Å². The van der Waals surface area contributed by atoms with Crippen molar-refractivity contribution in [3.63, 3.8) is 0 Å². The molecule has 107 heavy (non-hydrogen) atoms. The first-order chi connectivity index (χ1) is 50.2. The predicted octanol–water partition coefficient (Wildman–Crippen LogP) is 6.59. The highest BCUT2D eigenvalue weighted by Gasteiger charge is 2.41. The average Bonchev–Trinajstić information content (AvgIpc) is 1.26. The van der Waals surface area contributed by atoms with E-state index >= 15 is 0 Å². The van der Waals surface area contributed by atoms with Gasteiger partial charge >= 0.3 is 0 Å². The second kappa shape index (κ2) is 46.7. The minimum atomic E-state index is -2.40. The molecule has 0 aromatic heterocycles. The second-order valence-corrected chi connectivity index (χ2v) is 37.3. The summed E-state index contributed by atoms with van der Waals surface area (Å²) in [5.41, 5.74) is -2.78. The number of alkyl halides is 2. The van der Waals surface area contributed by atoms with Gasteiger partial charge in [0.15, 0.2) is 0 Å². The van der Waals surface area contributed by atoms with E-state index in [0.717, 1.165) is 267 Å². The van der Waals surface area contributed by atoms with Crippen LogP contribution in [-0.2, 0) is 9.47 Å². The second-order valence-electron chi connectivity index (χ2n) is 37.3. The summed E-state index contributed by atoms with van der Waals surface area (Å²) < 4.78 is 35.6. The van der Waals surface area contributed by atoms with Gasteiger partial charge in [-0.15, -0.1) is 0 Å². The van der Waals surface area contributed by atoms with Crippen molar-refractivity contribution in [2.45, 2.75) is 281 Å². The van der Waals surface area contributed by atoms with E-state index in [2.05, 4.69) is 166 Å². The van der Waals surface area contributed by atoms with Gasteiger partial charge in [0.25, 0.3) is 5.92 Å². The van der Waals surface area contributed by atoms with Crippen LogP contribution in [0.5, 0.6) is 0 Å². The molecule has 11 aliphatic heterocycles. The highest BCUT2D eigenvalue weighted by Crippen LogP contribution is 2.32. The predicted molar refractivity (Wildman–Crippen MR) is 437 cm³/mol. The summed E-state index contributed by atoms with van der Waals surface area (Å²) in [5, 5.41) is 62.9. The Kier molecular flexibility index (Phi) is 42.1. The zero-order valence-electron chi connectivity index (χ0n) is 72.4. The number of aliphatic hydroxyl groups is 6. The summed E-state index contributed by atoms with van der Waals surface area (Å²) in [6.45, 7) is 63.9. The van der Waals surface area contributed by atoms with Crippen LogP contribution in [0.15, 0.2) is 0 Å². The molecule has 0 amide bonds. The van der Waals surface area contributed by atoms with Crippen LogP contribution >= 0.6 is 0 Å². The molecule has 0 aliphatic carbocycles. The van der Waals surface area contributed by atoms with E-state index in [9.17, 15) is 39.4 Å². The van der Waals surface area contributed by atoms with E-state index in [1.807, 2.05) is 27.9 Å². The smallest absolute Gasteiger partial charge is 0.250 e. The number of methoxy groups -OCH3 is 1.